The van der Waals surface area contributed by atoms with E-state index in [1.54, 1.807) is 11.3 Å². The highest BCUT2D eigenvalue weighted by Crippen LogP contribution is 2.38. The average molecular weight is 421 g/mol. The number of H-pyrrole nitrogens is 1. The van der Waals surface area contributed by atoms with Crippen molar-refractivity contribution in [3.63, 3.8) is 0 Å². The first-order valence-corrected chi connectivity index (χ1v) is 10.9. The van der Waals surface area contributed by atoms with E-state index in [-0.39, 0.29) is 0 Å². The van der Waals surface area contributed by atoms with E-state index in [9.17, 15) is 5.26 Å². The highest BCUT2D eigenvalue weighted by atomic mass is 32.1. The second-order valence-corrected chi connectivity index (χ2v) is 8.50. The predicted molar refractivity (Wildman–Crippen MR) is 129 cm³/mol. The molecule has 1 N–H and O–H groups in total. The molecule has 150 valence electrons. The summed E-state index contributed by atoms with van der Waals surface area (Å²) < 4.78 is 0. The second kappa shape index (κ2) is 7.75. The number of nitrogens with one attached hydrogen (secondary N) is 1. The standard InChI is InChI=1S/C26H20N4S/c1-30(2)18-11-9-17(10-12-18)20-14-24(25-8-5-13-31-25)29-26(21(20)15-27)22-16-28-23-7-4-3-6-19(22)23/h3-14,16,28H,1-2H3. The molecule has 0 radical (unpaired) electrons. The normalized spacial score (nSPS) is 10.9. The fourth-order valence-corrected chi connectivity index (χ4v) is 4.52. The van der Waals surface area contributed by atoms with E-state index < -0.39 is 0 Å². The largest absolute Gasteiger partial charge is 0.378 e. The molecule has 4 nitrogen and oxygen atoms in total. The van der Waals surface area contributed by atoms with Gasteiger partial charge in [0.1, 0.15) is 6.07 Å². The maximum atomic E-state index is 10.2. The van der Waals surface area contributed by atoms with Crippen LogP contribution >= 0.6 is 11.3 Å². The van der Waals surface area contributed by atoms with E-state index in [4.69, 9.17) is 4.98 Å². The second-order valence-electron chi connectivity index (χ2n) is 7.56. The van der Waals surface area contributed by atoms with Gasteiger partial charge in [-0.05, 0) is 41.3 Å². The van der Waals surface area contributed by atoms with Gasteiger partial charge in [-0.25, -0.2) is 4.98 Å². The van der Waals surface area contributed by atoms with Gasteiger partial charge in [-0.1, -0.05) is 36.4 Å². The van der Waals surface area contributed by atoms with Gasteiger partial charge in [-0.2, -0.15) is 5.26 Å². The summed E-state index contributed by atoms with van der Waals surface area (Å²) in [7, 11) is 4.04. The molecule has 0 fully saturated rings. The van der Waals surface area contributed by atoms with Crippen LogP contribution in [0.1, 0.15) is 5.56 Å². The summed E-state index contributed by atoms with van der Waals surface area (Å²) in [6.07, 6.45) is 1.95. The van der Waals surface area contributed by atoms with Crippen molar-refractivity contribution in [2.75, 3.05) is 19.0 Å². The number of hydrogen-bond acceptors (Lipinski definition) is 4. The van der Waals surface area contributed by atoms with Gasteiger partial charge in [0.25, 0.3) is 0 Å². The molecule has 3 aromatic heterocycles. The monoisotopic (exact) mass is 420 g/mol. The number of thiophene rings is 1. The number of hydrogen-bond donors (Lipinski definition) is 1. The molecule has 5 heteroatoms. The number of anilines is 1. The molecule has 0 aliphatic rings. The SMILES string of the molecule is CN(C)c1ccc(-c2cc(-c3cccs3)nc(-c3c[nH]c4ccccc34)c2C#N)cc1. The molecule has 0 unspecified atom stereocenters. The number of pyridine rings is 1. The summed E-state index contributed by atoms with van der Waals surface area (Å²) in [6, 6.07) is 25.0. The lowest BCUT2D eigenvalue weighted by atomic mass is 9.95. The minimum absolute atomic E-state index is 0.586. The van der Waals surface area contributed by atoms with Crippen LogP contribution in [-0.2, 0) is 0 Å². The Balaban J connectivity index is 1.79. The van der Waals surface area contributed by atoms with Crippen molar-refractivity contribution < 1.29 is 0 Å². The van der Waals surface area contributed by atoms with Crippen molar-refractivity contribution >= 4 is 27.9 Å². The summed E-state index contributed by atoms with van der Waals surface area (Å²) >= 11 is 1.65. The smallest absolute Gasteiger partial charge is 0.102 e. The van der Waals surface area contributed by atoms with Gasteiger partial charge in [0.05, 0.1) is 21.8 Å². The molecular weight excluding hydrogens is 400 g/mol. The minimum Gasteiger partial charge on any atom is -0.378 e. The number of nitriles is 1. The lowest BCUT2D eigenvalue weighted by Gasteiger charge is -2.15. The predicted octanol–water partition coefficient (Wildman–Crippen LogP) is 6.56. The number of para-hydroxylation sites is 1. The van der Waals surface area contributed by atoms with Crippen molar-refractivity contribution in [2.45, 2.75) is 0 Å². The van der Waals surface area contributed by atoms with Crippen LogP contribution in [0.2, 0.25) is 0 Å². The molecule has 0 bridgehead atoms. The van der Waals surface area contributed by atoms with E-state index in [1.807, 2.05) is 56.0 Å². The molecule has 0 saturated heterocycles. The van der Waals surface area contributed by atoms with Gasteiger partial charge >= 0.3 is 0 Å². The van der Waals surface area contributed by atoms with Crippen molar-refractivity contribution in [2.24, 2.45) is 0 Å². The molecule has 3 heterocycles. The number of fused-ring (bicyclic) bond motifs is 1. The summed E-state index contributed by atoms with van der Waals surface area (Å²) in [5.41, 5.74) is 7.15. The highest BCUT2D eigenvalue weighted by molar-refractivity contribution is 7.13. The van der Waals surface area contributed by atoms with Crippen LogP contribution in [0.3, 0.4) is 0 Å². The van der Waals surface area contributed by atoms with Crippen LogP contribution in [0.15, 0.2) is 78.3 Å². The third-order valence-corrected chi connectivity index (χ3v) is 6.34. The van der Waals surface area contributed by atoms with E-state index in [2.05, 4.69) is 52.4 Å². The van der Waals surface area contributed by atoms with Crippen molar-refractivity contribution in [3.05, 3.63) is 83.9 Å². The molecule has 5 rings (SSSR count). The fourth-order valence-electron chi connectivity index (χ4n) is 3.84. The highest BCUT2D eigenvalue weighted by Gasteiger charge is 2.19. The molecule has 5 aromatic rings. The molecule has 31 heavy (non-hydrogen) atoms. The zero-order chi connectivity index (χ0) is 21.4. The molecule has 0 atom stereocenters. The van der Waals surface area contributed by atoms with Crippen LogP contribution in [0.25, 0.3) is 43.9 Å². The molecule has 0 amide bonds. The quantitative estimate of drug-likeness (QED) is 0.358. The zero-order valence-electron chi connectivity index (χ0n) is 17.3. The maximum absolute atomic E-state index is 10.2. The van der Waals surface area contributed by atoms with Crippen LogP contribution in [0, 0.1) is 11.3 Å². The summed E-state index contributed by atoms with van der Waals surface area (Å²) in [6.45, 7) is 0. The molecule has 0 aliphatic heterocycles. The van der Waals surface area contributed by atoms with Gasteiger partial charge in [0, 0.05) is 48.0 Å². The lowest BCUT2D eigenvalue weighted by Crippen LogP contribution is -2.08. The first-order chi connectivity index (χ1) is 15.2. The third kappa shape index (κ3) is 3.37. The number of aromatic amines is 1. The van der Waals surface area contributed by atoms with Crippen LogP contribution in [0.5, 0.6) is 0 Å². The van der Waals surface area contributed by atoms with Gasteiger partial charge in [-0.15, -0.1) is 11.3 Å². The molecule has 0 spiro atoms. The fraction of sp³-hybridized carbons (Fsp3) is 0.0769. The van der Waals surface area contributed by atoms with Gasteiger partial charge < -0.3 is 9.88 Å². The average Bonchev–Trinajstić information content (AvgIpc) is 3.48. The summed E-state index contributed by atoms with van der Waals surface area (Å²) in [5, 5.41) is 13.3. The Labute approximate surface area is 185 Å². The van der Waals surface area contributed by atoms with E-state index in [1.165, 1.54) is 0 Å². The number of aromatic nitrogens is 2. The Morgan fingerprint density at radius 3 is 2.48 bits per heavy atom. The van der Waals surface area contributed by atoms with Crippen LogP contribution in [0.4, 0.5) is 5.69 Å². The first kappa shape index (κ1) is 19.1. The molecule has 2 aromatic carbocycles. The van der Waals surface area contributed by atoms with E-state index in [0.717, 1.165) is 43.9 Å². The Kier molecular flexibility index (Phi) is 4.78. The van der Waals surface area contributed by atoms with E-state index in [0.29, 0.717) is 11.3 Å². The number of rotatable bonds is 4. The van der Waals surface area contributed by atoms with Gasteiger partial charge in [0.15, 0.2) is 0 Å². The summed E-state index contributed by atoms with van der Waals surface area (Å²) in [4.78, 5) is 11.4. The molecular formula is C26H20N4S. The molecule has 0 saturated carbocycles. The van der Waals surface area contributed by atoms with Crippen LogP contribution < -0.4 is 4.90 Å². The Hall–Kier alpha value is -3.88. The first-order valence-electron chi connectivity index (χ1n) is 9.99. The molecule has 0 aliphatic carbocycles. The Morgan fingerprint density at radius 2 is 1.77 bits per heavy atom. The topological polar surface area (TPSA) is 55.7 Å². The zero-order valence-corrected chi connectivity index (χ0v) is 18.1. The third-order valence-electron chi connectivity index (χ3n) is 5.44. The number of nitrogens with zero attached hydrogens (tertiary/aromatic N) is 3. The van der Waals surface area contributed by atoms with Crippen molar-refractivity contribution in [3.8, 4) is 39.0 Å². The minimum atomic E-state index is 0.586. The lowest BCUT2D eigenvalue weighted by molar-refractivity contribution is 1.13. The van der Waals surface area contributed by atoms with Crippen molar-refractivity contribution in [1.29, 1.82) is 5.26 Å². The van der Waals surface area contributed by atoms with Gasteiger partial charge in [-0.3, -0.25) is 0 Å². The van der Waals surface area contributed by atoms with E-state index >= 15 is 0 Å². The summed E-state index contributed by atoms with van der Waals surface area (Å²) in [5.74, 6) is 0. The Morgan fingerprint density at radius 1 is 0.968 bits per heavy atom. The Bertz CT molecular complexity index is 1400. The van der Waals surface area contributed by atoms with Crippen LogP contribution in [-0.4, -0.2) is 24.1 Å². The van der Waals surface area contributed by atoms with Gasteiger partial charge in [0.2, 0.25) is 0 Å². The van der Waals surface area contributed by atoms with Crippen molar-refractivity contribution in [1.82, 2.24) is 9.97 Å². The number of benzene rings is 2. The maximum Gasteiger partial charge on any atom is 0.102 e.